The van der Waals surface area contributed by atoms with Crippen molar-refractivity contribution in [1.29, 1.82) is 0 Å². The molecule has 0 aliphatic heterocycles. The fraction of sp³-hybridized carbons (Fsp3) is 0.160. The summed E-state index contributed by atoms with van der Waals surface area (Å²) in [6.45, 7) is 1.89. The predicted octanol–water partition coefficient (Wildman–Crippen LogP) is 4.70. The third-order valence-corrected chi connectivity index (χ3v) is 6.30. The molecule has 0 aliphatic rings. The number of methoxy groups -OCH3 is 1. The van der Waals surface area contributed by atoms with Gasteiger partial charge in [0.1, 0.15) is 5.75 Å². The Morgan fingerprint density at radius 3 is 2.23 bits per heavy atom. The van der Waals surface area contributed by atoms with Crippen LogP contribution in [0.5, 0.6) is 5.75 Å². The van der Waals surface area contributed by atoms with Gasteiger partial charge in [0.25, 0.3) is 0 Å². The second-order valence-corrected chi connectivity index (χ2v) is 8.89. The van der Waals surface area contributed by atoms with Gasteiger partial charge in [-0.3, -0.25) is 4.79 Å². The van der Waals surface area contributed by atoms with Crippen molar-refractivity contribution in [3.8, 4) is 5.75 Å². The Kier molecular flexibility index (Phi) is 7.39. The lowest BCUT2D eigenvalue weighted by Crippen LogP contribution is -2.30. The van der Waals surface area contributed by atoms with E-state index in [4.69, 9.17) is 4.74 Å². The number of ketones is 1. The van der Waals surface area contributed by atoms with E-state index in [0.29, 0.717) is 0 Å². The average molecular weight is 436 g/mol. The van der Waals surface area contributed by atoms with Crippen molar-refractivity contribution < 1.29 is 17.9 Å². The normalized spacial score (nSPS) is 12.6. The number of hydrogen-bond donors (Lipinski definition) is 1. The second-order valence-electron chi connectivity index (χ2n) is 7.17. The van der Waals surface area contributed by atoms with Gasteiger partial charge in [0.2, 0.25) is 10.0 Å². The highest BCUT2D eigenvalue weighted by molar-refractivity contribution is 7.89. The van der Waals surface area contributed by atoms with Gasteiger partial charge in [0, 0.05) is 6.42 Å². The van der Waals surface area contributed by atoms with Crippen LogP contribution in [-0.2, 0) is 14.8 Å². The predicted molar refractivity (Wildman–Crippen MR) is 122 cm³/mol. The number of benzene rings is 3. The molecular formula is C25H25NO4S. The van der Waals surface area contributed by atoms with Gasteiger partial charge in [-0.2, -0.15) is 0 Å². The van der Waals surface area contributed by atoms with Crippen LogP contribution in [-0.4, -0.2) is 21.3 Å². The van der Waals surface area contributed by atoms with Crippen LogP contribution in [0.2, 0.25) is 0 Å². The summed E-state index contributed by atoms with van der Waals surface area (Å²) >= 11 is 0. The van der Waals surface area contributed by atoms with Crippen LogP contribution >= 0.6 is 0 Å². The summed E-state index contributed by atoms with van der Waals surface area (Å²) in [5.41, 5.74) is 2.55. The first-order valence-electron chi connectivity index (χ1n) is 9.86. The minimum atomic E-state index is -3.79. The third kappa shape index (κ3) is 6.38. The molecule has 0 aromatic heterocycles. The number of hydrogen-bond acceptors (Lipinski definition) is 4. The Bertz CT molecular complexity index is 1140. The second kappa shape index (κ2) is 10.2. The van der Waals surface area contributed by atoms with E-state index in [9.17, 15) is 13.2 Å². The summed E-state index contributed by atoms with van der Waals surface area (Å²) < 4.78 is 33.6. The molecule has 1 unspecified atom stereocenters. The van der Waals surface area contributed by atoms with Crippen LogP contribution in [0.1, 0.15) is 29.2 Å². The van der Waals surface area contributed by atoms with Gasteiger partial charge < -0.3 is 4.74 Å². The van der Waals surface area contributed by atoms with Crippen molar-refractivity contribution in [2.45, 2.75) is 24.3 Å². The first-order valence-corrected chi connectivity index (χ1v) is 11.3. The Morgan fingerprint density at radius 2 is 1.61 bits per heavy atom. The number of aryl methyl sites for hydroxylation is 1. The van der Waals surface area contributed by atoms with Gasteiger partial charge in [0.05, 0.1) is 18.0 Å². The molecule has 0 aliphatic carbocycles. The van der Waals surface area contributed by atoms with E-state index in [1.807, 2.05) is 61.5 Å². The summed E-state index contributed by atoms with van der Waals surface area (Å²) in [6.07, 6.45) is 3.18. The smallest absolute Gasteiger partial charge is 0.241 e. The lowest BCUT2D eigenvalue weighted by Gasteiger charge is -2.18. The van der Waals surface area contributed by atoms with Crippen LogP contribution in [0.15, 0.2) is 89.8 Å². The number of nitrogens with one attached hydrogen (secondary N) is 1. The molecule has 3 rings (SSSR count). The Hall–Kier alpha value is -3.22. The SMILES string of the molecule is COc1ccc(/C=C/C(=O)CC(NS(=O)(=O)c2ccc(C)cc2)c2ccccc2)cc1. The first kappa shape index (κ1) is 22.5. The molecule has 0 saturated carbocycles. The van der Waals surface area contributed by atoms with E-state index < -0.39 is 16.1 Å². The van der Waals surface area contributed by atoms with Gasteiger partial charge in [-0.05, 0) is 48.4 Å². The van der Waals surface area contributed by atoms with Gasteiger partial charge in [-0.1, -0.05) is 66.2 Å². The molecule has 0 radical (unpaired) electrons. The first-order chi connectivity index (χ1) is 14.9. The molecular weight excluding hydrogens is 410 g/mol. The minimum Gasteiger partial charge on any atom is -0.497 e. The van der Waals surface area contributed by atoms with Gasteiger partial charge >= 0.3 is 0 Å². The molecule has 0 amide bonds. The molecule has 6 heteroatoms. The standard InChI is InChI=1S/C25H25NO4S/c1-19-8-16-24(17-9-19)31(28,29)26-25(21-6-4-3-5-7-21)18-22(27)13-10-20-11-14-23(30-2)15-12-20/h3-17,25-26H,18H2,1-2H3/b13-10+. The van der Waals surface area contributed by atoms with Crippen molar-refractivity contribution in [3.63, 3.8) is 0 Å². The monoisotopic (exact) mass is 435 g/mol. The van der Waals surface area contributed by atoms with Gasteiger partial charge in [0.15, 0.2) is 5.78 Å². The number of rotatable bonds is 9. The van der Waals surface area contributed by atoms with Crippen molar-refractivity contribution in [2.75, 3.05) is 7.11 Å². The molecule has 1 N–H and O–H groups in total. The van der Waals surface area contributed by atoms with E-state index in [1.165, 1.54) is 6.08 Å². The lowest BCUT2D eigenvalue weighted by molar-refractivity contribution is -0.114. The average Bonchev–Trinajstić information content (AvgIpc) is 2.78. The summed E-state index contributed by atoms with van der Waals surface area (Å²) in [6, 6.07) is 22.3. The molecule has 0 spiro atoms. The van der Waals surface area contributed by atoms with E-state index >= 15 is 0 Å². The van der Waals surface area contributed by atoms with Crippen LogP contribution < -0.4 is 9.46 Å². The van der Waals surface area contributed by atoms with Crippen molar-refractivity contribution >= 4 is 21.9 Å². The zero-order valence-electron chi connectivity index (χ0n) is 17.5. The highest BCUT2D eigenvalue weighted by Crippen LogP contribution is 2.22. The zero-order chi connectivity index (χ0) is 22.3. The summed E-state index contributed by atoms with van der Waals surface area (Å²) in [4.78, 5) is 12.8. The summed E-state index contributed by atoms with van der Waals surface area (Å²) in [5, 5.41) is 0. The van der Waals surface area contributed by atoms with E-state index in [-0.39, 0.29) is 17.1 Å². The Morgan fingerprint density at radius 1 is 0.968 bits per heavy atom. The van der Waals surface area contributed by atoms with Gasteiger partial charge in [-0.25, -0.2) is 13.1 Å². The molecule has 0 fully saturated rings. The number of allylic oxidation sites excluding steroid dienone is 1. The number of sulfonamides is 1. The number of carbonyl (C=O) groups is 1. The number of carbonyl (C=O) groups excluding carboxylic acids is 1. The summed E-state index contributed by atoms with van der Waals surface area (Å²) in [5.74, 6) is 0.550. The lowest BCUT2D eigenvalue weighted by atomic mass is 10.0. The molecule has 0 bridgehead atoms. The summed E-state index contributed by atoms with van der Waals surface area (Å²) in [7, 11) is -2.19. The zero-order valence-corrected chi connectivity index (χ0v) is 18.3. The maximum Gasteiger partial charge on any atom is 0.241 e. The molecule has 0 heterocycles. The van der Waals surface area contributed by atoms with E-state index in [2.05, 4.69) is 4.72 Å². The van der Waals surface area contributed by atoms with Crippen LogP contribution in [0.25, 0.3) is 6.08 Å². The highest BCUT2D eigenvalue weighted by Gasteiger charge is 2.23. The minimum absolute atomic E-state index is 0.00175. The van der Waals surface area contributed by atoms with Crippen molar-refractivity contribution in [2.24, 2.45) is 0 Å². The van der Waals surface area contributed by atoms with E-state index in [0.717, 1.165) is 22.4 Å². The van der Waals surface area contributed by atoms with E-state index in [1.54, 1.807) is 37.5 Å². The van der Waals surface area contributed by atoms with Gasteiger partial charge in [-0.15, -0.1) is 0 Å². The third-order valence-electron chi connectivity index (χ3n) is 4.81. The molecule has 0 saturated heterocycles. The maximum atomic E-state index is 12.9. The quantitative estimate of drug-likeness (QED) is 0.495. The Labute approximate surface area is 183 Å². The maximum absolute atomic E-state index is 12.9. The molecule has 3 aromatic rings. The number of ether oxygens (including phenoxy) is 1. The largest absolute Gasteiger partial charge is 0.497 e. The highest BCUT2D eigenvalue weighted by atomic mass is 32.2. The van der Waals surface area contributed by atoms with Crippen LogP contribution in [0.3, 0.4) is 0 Å². The van der Waals surface area contributed by atoms with Crippen molar-refractivity contribution in [1.82, 2.24) is 4.72 Å². The molecule has 1 atom stereocenters. The molecule has 3 aromatic carbocycles. The van der Waals surface area contributed by atoms with Crippen molar-refractivity contribution in [3.05, 3.63) is 102 Å². The molecule has 5 nitrogen and oxygen atoms in total. The fourth-order valence-electron chi connectivity index (χ4n) is 3.06. The molecule has 160 valence electrons. The fourth-order valence-corrected chi connectivity index (χ4v) is 4.28. The van der Waals surface area contributed by atoms with Crippen LogP contribution in [0, 0.1) is 6.92 Å². The molecule has 31 heavy (non-hydrogen) atoms. The van der Waals surface area contributed by atoms with Crippen LogP contribution in [0.4, 0.5) is 0 Å². The Balaban J connectivity index is 1.78. The topological polar surface area (TPSA) is 72.5 Å².